The van der Waals surface area contributed by atoms with Crippen LogP contribution in [-0.4, -0.2) is 93.3 Å². The Hall–Kier alpha value is -6.72. The number of β-amino-alcohol motifs (C(OH)–C–C–N with tert-alkyl or cyclic N) is 1. The van der Waals surface area contributed by atoms with Crippen molar-refractivity contribution in [3.05, 3.63) is 119 Å². The van der Waals surface area contributed by atoms with Crippen molar-refractivity contribution < 1.29 is 46.9 Å². The fourth-order valence-corrected chi connectivity index (χ4v) is 10.2. The lowest BCUT2D eigenvalue weighted by Crippen LogP contribution is -2.58. The first-order valence-electron chi connectivity index (χ1n) is 23.8. The van der Waals surface area contributed by atoms with Crippen molar-refractivity contribution in [2.75, 3.05) is 29.6 Å². The molecule has 0 saturated carbocycles. The number of nitrogens with one attached hydrogen (secondary N) is 2. The van der Waals surface area contributed by atoms with Gasteiger partial charge in [0.2, 0.25) is 17.7 Å². The molecule has 3 N–H and O–H groups in total. The van der Waals surface area contributed by atoms with Crippen LogP contribution in [0.2, 0.25) is 0 Å². The molecule has 3 heterocycles. The minimum atomic E-state index is -4.81. The number of thiocarbonyl (C=S) groups is 1. The van der Waals surface area contributed by atoms with Gasteiger partial charge < -0.3 is 35.0 Å². The van der Waals surface area contributed by atoms with E-state index in [2.05, 4.69) is 15.6 Å². The third kappa shape index (κ3) is 12.4. The van der Waals surface area contributed by atoms with E-state index in [-0.39, 0.29) is 55.5 Å². The van der Waals surface area contributed by atoms with Crippen LogP contribution >= 0.6 is 23.6 Å². The summed E-state index contributed by atoms with van der Waals surface area (Å²) in [5, 5.41) is 25.6. The van der Waals surface area contributed by atoms with E-state index in [0.29, 0.717) is 24.3 Å². The number of rotatable bonds is 17. The van der Waals surface area contributed by atoms with Gasteiger partial charge in [-0.25, -0.2) is 4.98 Å². The number of halogens is 3. The molecule has 19 heteroatoms. The number of nitriles is 1. The Morgan fingerprint density at radius 3 is 2.21 bits per heavy atom. The van der Waals surface area contributed by atoms with E-state index in [1.54, 1.807) is 53.8 Å². The molecule has 0 unspecified atom stereocenters. The van der Waals surface area contributed by atoms with Crippen molar-refractivity contribution >= 4 is 63.7 Å². The molecule has 7 rings (SSSR count). The highest BCUT2D eigenvalue weighted by molar-refractivity contribution is 7.81. The Balaban J connectivity index is 0.855. The number of ether oxygens (including phenoxy) is 2. The van der Waals surface area contributed by atoms with E-state index in [9.17, 15) is 42.7 Å². The van der Waals surface area contributed by atoms with Gasteiger partial charge in [0.1, 0.15) is 30.0 Å². The summed E-state index contributed by atoms with van der Waals surface area (Å²) >= 11 is 7.24. The first-order chi connectivity index (χ1) is 34.5. The monoisotopic (exact) mass is 1040 g/mol. The Morgan fingerprint density at radius 2 is 1.60 bits per heavy atom. The third-order valence-electron chi connectivity index (χ3n) is 12.8. The number of aliphatic hydroxyl groups excluding tert-OH is 1. The van der Waals surface area contributed by atoms with Crippen molar-refractivity contribution in [2.24, 2.45) is 5.41 Å². The van der Waals surface area contributed by atoms with E-state index in [0.717, 1.165) is 49.9 Å². The number of likely N-dealkylation sites (tertiary alicyclic amines) is 1. The van der Waals surface area contributed by atoms with Gasteiger partial charge in [0, 0.05) is 31.8 Å². The second kappa shape index (κ2) is 22.2. The number of nitrogens with zero attached hydrogens (tertiary/aromatic N) is 5. The van der Waals surface area contributed by atoms with Crippen molar-refractivity contribution in [2.45, 2.75) is 110 Å². The highest BCUT2D eigenvalue weighted by Gasteiger charge is 2.51. The molecule has 0 aliphatic carbocycles. The largest absolute Gasteiger partial charge is 0.491 e. The summed E-state index contributed by atoms with van der Waals surface area (Å²) < 4.78 is 53.2. The summed E-state index contributed by atoms with van der Waals surface area (Å²) in [5.74, 6) is -1.21. The number of aromatic nitrogens is 1. The lowest BCUT2D eigenvalue weighted by molar-refractivity contribution is -0.144. The third-order valence-corrected chi connectivity index (χ3v) is 14.2. The van der Waals surface area contributed by atoms with Gasteiger partial charge in [-0.3, -0.25) is 24.1 Å². The lowest BCUT2D eigenvalue weighted by atomic mass is 9.85. The molecule has 4 amide bonds. The van der Waals surface area contributed by atoms with Gasteiger partial charge in [0.05, 0.1) is 51.2 Å². The van der Waals surface area contributed by atoms with Gasteiger partial charge in [-0.1, -0.05) is 69.3 Å². The second-order valence-electron chi connectivity index (χ2n) is 19.8. The maximum Gasteiger partial charge on any atom is 0.417 e. The molecule has 4 atom stereocenters. The number of hydrogen-bond acceptors (Lipinski definition) is 11. The van der Waals surface area contributed by atoms with Gasteiger partial charge >= 0.3 is 6.18 Å². The number of carbonyl (C=O) groups excluding carboxylic acids is 4. The second-order valence-corrected chi connectivity index (χ2v) is 21.0. The summed E-state index contributed by atoms with van der Waals surface area (Å²) in [4.78, 5) is 63.7. The van der Waals surface area contributed by atoms with Crippen LogP contribution in [0.15, 0.2) is 96.5 Å². The predicted octanol–water partition coefficient (Wildman–Crippen LogP) is 8.97. The quantitative estimate of drug-likeness (QED) is 0.0599. The highest BCUT2D eigenvalue weighted by Crippen LogP contribution is 2.40. The van der Waals surface area contributed by atoms with Gasteiger partial charge in [-0.2, -0.15) is 18.4 Å². The van der Waals surface area contributed by atoms with Crippen molar-refractivity contribution in [1.29, 1.82) is 5.26 Å². The fraction of sp³-hybridized carbons (Fsp3) is 0.389. The van der Waals surface area contributed by atoms with Crippen LogP contribution < -0.4 is 25.2 Å². The zero-order chi connectivity index (χ0) is 53.0. The molecule has 2 fully saturated rings. The number of aryl methyl sites for hydroxylation is 1. The number of carbonyl (C=O) groups is 4. The molecule has 0 radical (unpaired) electrons. The number of benzene rings is 4. The number of alkyl halides is 3. The van der Waals surface area contributed by atoms with E-state index >= 15 is 0 Å². The van der Waals surface area contributed by atoms with E-state index in [1.807, 2.05) is 95.3 Å². The number of anilines is 2. The van der Waals surface area contributed by atoms with Crippen LogP contribution in [0, 0.1) is 23.7 Å². The zero-order valence-corrected chi connectivity index (χ0v) is 43.2. The summed E-state index contributed by atoms with van der Waals surface area (Å²) in [6, 6.07) is 25.3. The predicted molar refractivity (Wildman–Crippen MR) is 276 cm³/mol. The molecular weight excluding hydrogens is 980 g/mol. The summed E-state index contributed by atoms with van der Waals surface area (Å²) in [7, 11) is 0. The number of hydrogen-bond donors (Lipinski definition) is 3. The summed E-state index contributed by atoms with van der Waals surface area (Å²) in [6.07, 6.45) is -4.61. The molecule has 0 bridgehead atoms. The first kappa shape index (κ1) is 54.1. The van der Waals surface area contributed by atoms with Gasteiger partial charge in [-0.15, -0.1) is 11.3 Å². The van der Waals surface area contributed by atoms with Crippen LogP contribution in [0.5, 0.6) is 5.75 Å². The SMILES string of the molecule is Cc1ncsc1-c1ccc(CNC(=O)[C@@H]2C[C@@H](O)CN2C(=O)[C@@H](NC(=O)COCCC[C@@H](C)Oc2ccc(-c3ccc(N4C(=S)N(c5ccc(C#N)c(C(F)(F)F)c5)C(=O)C4(C)C)cc3)cc2)C(C)(C)C)cc1. The standard InChI is InChI=1S/C54H58F3N7O7S2/c1-32(71-42-22-17-36(18-23-42)35-14-19-39(20-15-35)64-51(72)63(50(69)53(64,6)7)40-21-16-38(27-58)43(25-40)54(55,56)57)9-8-24-70-30-45(66)61-47(52(3,4)5)49(68)62-29-41(65)26-44(62)48(67)59-28-34-10-12-37(13-11-34)46-33(2)60-31-73-46/h10-23,25,31-32,41,44,47,65H,8-9,24,26,28-30H2,1-7H3,(H,59,67)(H,61,66)/t32-,41-,44+,47-/m1/s1. The van der Waals surface area contributed by atoms with Crippen molar-refractivity contribution in [3.63, 3.8) is 0 Å². The van der Waals surface area contributed by atoms with E-state index in [4.69, 9.17) is 21.7 Å². The average molecular weight is 1040 g/mol. The maximum absolute atomic E-state index is 14.0. The Labute approximate surface area is 432 Å². The summed E-state index contributed by atoms with van der Waals surface area (Å²) in [6.45, 7) is 12.8. The number of amides is 4. The van der Waals surface area contributed by atoms with Gasteiger partial charge in [0.15, 0.2) is 5.11 Å². The molecule has 14 nitrogen and oxygen atoms in total. The summed E-state index contributed by atoms with van der Waals surface area (Å²) in [5.41, 5.74) is 3.21. The highest BCUT2D eigenvalue weighted by atomic mass is 32.1. The molecule has 4 aromatic carbocycles. The Morgan fingerprint density at radius 1 is 0.973 bits per heavy atom. The minimum Gasteiger partial charge on any atom is -0.491 e. The molecular formula is C54H58F3N7O7S2. The molecule has 2 aliphatic rings. The average Bonchev–Trinajstić information content (AvgIpc) is 4.01. The Kier molecular flexibility index (Phi) is 16.4. The zero-order valence-electron chi connectivity index (χ0n) is 41.6. The maximum atomic E-state index is 14.0. The van der Waals surface area contributed by atoms with E-state index in [1.165, 1.54) is 11.0 Å². The Bertz CT molecular complexity index is 2880. The minimum absolute atomic E-state index is 0.00214. The molecule has 384 valence electrons. The van der Waals surface area contributed by atoms with Crippen molar-refractivity contribution in [1.82, 2.24) is 20.5 Å². The van der Waals surface area contributed by atoms with Crippen LogP contribution in [0.1, 0.15) is 83.2 Å². The van der Waals surface area contributed by atoms with Crippen LogP contribution in [0.25, 0.3) is 21.6 Å². The van der Waals surface area contributed by atoms with E-state index < -0.39 is 64.2 Å². The van der Waals surface area contributed by atoms with Crippen LogP contribution in [0.4, 0.5) is 24.5 Å². The lowest BCUT2D eigenvalue weighted by Gasteiger charge is -2.35. The van der Waals surface area contributed by atoms with Crippen LogP contribution in [0.3, 0.4) is 0 Å². The molecule has 2 aliphatic heterocycles. The molecule has 1 aromatic heterocycles. The topological polar surface area (TPSA) is 177 Å². The molecule has 5 aromatic rings. The van der Waals surface area contributed by atoms with Crippen molar-refractivity contribution in [3.8, 4) is 33.4 Å². The number of thiazole rings is 1. The van der Waals surface area contributed by atoms with Crippen LogP contribution in [-0.2, 0) is 36.6 Å². The first-order valence-corrected chi connectivity index (χ1v) is 25.1. The van der Waals surface area contributed by atoms with Gasteiger partial charge in [0.25, 0.3) is 5.91 Å². The smallest absolute Gasteiger partial charge is 0.417 e. The normalized spacial score (nSPS) is 17.6. The molecule has 73 heavy (non-hydrogen) atoms. The number of aliphatic hydroxyl groups is 1. The molecule has 2 saturated heterocycles. The fourth-order valence-electron chi connectivity index (χ4n) is 8.90. The molecule has 0 spiro atoms. The van der Waals surface area contributed by atoms with Gasteiger partial charge in [-0.05, 0) is 123 Å².